The molecule has 2 aliphatic rings. The fraction of sp³-hybridized carbons (Fsp3) is 0.579. The molecule has 4 nitrogen and oxygen atoms in total. The quantitative estimate of drug-likeness (QED) is 0.811. The Morgan fingerprint density at radius 2 is 1.79 bits per heavy atom. The maximum Gasteiger partial charge on any atom is 0.306 e. The number of hydrogen-bond acceptors (Lipinski definition) is 2. The van der Waals surface area contributed by atoms with Gasteiger partial charge in [-0.3, -0.25) is 9.59 Å². The molecule has 1 aromatic rings. The third-order valence-electron chi connectivity index (χ3n) is 5.68. The summed E-state index contributed by atoms with van der Waals surface area (Å²) in [5.41, 5.74) is 0.666. The van der Waals surface area contributed by atoms with E-state index >= 15 is 0 Å². The lowest BCUT2D eigenvalue weighted by Gasteiger charge is -2.33. The number of nitrogens with one attached hydrogen (secondary N) is 1. The number of aliphatic carboxylic acids is 1. The Bertz CT molecular complexity index is 617. The second-order valence-electron chi connectivity index (χ2n) is 7.16. The molecule has 24 heavy (non-hydrogen) atoms. The summed E-state index contributed by atoms with van der Waals surface area (Å²) in [7, 11) is 0. The van der Waals surface area contributed by atoms with Gasteiger partial charge in [0.2, 0.25) is 5.91 Å². The summed E-state index contributed by atoms with van der Waals surface area (Å²) in [6, 6.07) is 8.20. The van der Waals surface area contributed by atoms with Crippen molar-refractivity contribution >= 4 is 27.8 Å². The molecule has 2 saturated carbocycles. The highest BCUT2D eigenvalue weighted by atomic mass is 79.9. The molecule has 1 aromatic carbocycles. The zero-order chi connectivity index (χ0) is 17.2. The predicted octanol–water partition coefficient (Wildman–Crippen LogP) is 4.02. The Morgan fingerprint density at radius 3 is 2.38 bits per heavy atom. The van der Waals surface area contributed by atoms with Crippen LogP contribution >= 0.6 is 15.9 Å². The summed E-state index contributed by atoms with van der Waals surface area (Å²) < 4.78 is 1.00. The van der Waals surface area contributed by atoms with Gasteiger partial charge >= 0.3 is 5.97 Å². The standard InChI is InChI=1S/C19H24BrNO3/c20-15-5-3-4-14(12-15)19(10-1-2-11-19)18(24)21-16-8-6-13(7-9-16)17(22)23/h3-5,12-13,16H,1-2,6-11H2,(H,21,24)(H,22,23). The third-order valence-corrected chi connectivity index (χ3v) is 6.17. The monoisotopic (exact) mass is 393 g/mol. The molecule has 0 saturated heterocycles. The number of amides is 1. The van der Waals surface area contributed by atoms with E-state index < -0.39 is 11.4 Å². The van der Waals surface area contributed by atoms with Crippen molar-refractivity contribution in [1.29, 1.82) is 0 Å². The van der Waals surface area contributed by atoms with Crippen LogP contribution in [0.15, 0.2) is 28.7 Å². The average Bonchev–Trinajstić information content (AvgIpc) is 3.06. The molecule has 0 bridgehead atoms. The van der Waals surface area contributed by atoms with Crippen LogP contribution in [0.25, 0.3) is 0 Å². The summed E-state index contributed by atoms with van der Waals surface area (Å²) in [6.07, 6.45) is 6.76. The van der Waals surface area contributed by atoms with Crippen molar-refractivity contribution < 1.29 is 14.7 Å². The van der Waals surface area contributed by atoms with Crippen molar-refractivity contribution in [3.8, 4) is 0 Å². The number of rotatable bonds is 4. The summed E-state index contributed by atoms with van der Waals surface area (Å²) in [5, 5.41) is 12.3. The molecule has 0 atom stereocenters. The lowest BCUT2D eigenvalue weighted by molar-refractivity contribution is -0.142. The molecule has 0 unspecified atom stereocenters. The minimum absolute atomic E-state index is 0.109. The molecule has 0 radical (unpaired) electrons. The second-order valence-corrected chi connectivity index (χ2v) is 8.08. The first-order chi connectivity index (χ1) is 11.5. The molecule has 3 rings (SSSR count). The van der Waals surface area contributed by atoms with Crippen LogP contribution in [0.4, 0.5) is 0 Å². The van der Waals surface area contributed by atoms with E-state index in [1.54, 1.807) is 0 Å². The van der Waals surface area contributed by atoms with Crippen molar-refractivity contribution in [2.45, 2.75) is 62.8 Å². The SMILES string of the molecule is O=C(O)C1CCC(NC(=O)C2(c3cccc(Br)c3)CCCC2)CC1. The van der Waals surface area contributed by atoms with Gasteiger partial charge in [0, 0.05) is 10.5 Å². The molecule has 1 amide bonds. The first kappa shape index (κ1) is 17.5. The first-order valence-corrected chi connectivity index (χ1v) is 9.60. The smallest absolute Gasteiger partial charge is 0.306 e. The molecular formula is C19H24BrNO3. The van der Waals surface area contributed by atoms with Crippen LogP contribution in [0.2, 0.25) is 0 Å². The fourth-order valence-electron chi connectivity index (χ4n) is 4.22. The average molecular weight is 394 g/mol. The van der Waals surface area contributed by atoms with E-state index in [0.717, 1.165) is 48.6 Å². The largest absolute Gasteiger partial charge is 0.481 e. The minimum atomic E-state index is -0.707. The number of carboxylic acid groups (broad SMARTS) is 1. The first-order valence-electron chi connectivity index (χ1n) is 8.81. The molecular weight excluding hydrogens is 370 g/mol. The third kappa shape index (κ3) is 3.51. The normalized spacial score (nSPS) is 26.0. The van der Waals surface area contributed by atoms with Crippen LogP contribution in [-0.2, 0) is 15.0 Å². The van der Waals surface area contributed by atoms with E-state index in [1.807, 2.05) is 12.1 Å². The van der Waals surface area contributed by atoms with E-state index in [9.17, 15) is 9.59 Å². The molecule has 0 spiro atoms. The summed E-state index contributed by atoms with van der Waals surface area (Å²) in [4.78, 5) is 24.2. The number of carbonyl (C=O) groups excluding carboxylic acids is 1. The topological polar surface area (TPSA) is 66.4 Å². The Hall–Kier alpha value is -1.36. The summed E-state index contributed by atoms with van der Waals surface area (Å²) >= 11 is 3.51. The second kappa shape index (κ2) is 7.26. The van der Waals surface area contributed by atoms with Gasteiger partial charge in [-0.15, -0.1) is 0 Å². The van der Waals surface area contributed by atoms with Gasteiger partial charge in [-0.1, -0.05) is 40.9 Å². The van der Waals surface area contributed by atoms with Crippen LogP contribution in [0, 0.1) is 5.92 Å². The number of halogens is 1. The lowest BCUT2D eigenvalue weighted by atomic mass is 9.77. The van der Waals surface area contributed by atoms with Crippen molar-refractivity contribution in [1.82, 2.24) is 5.32 Å². The molecule has 0 aliphatic heterocycles. The predicted molar refractivity (Wildman–Crippen MR) is 95.8 cm³/mol. The highest BCUT2D eigenvalue weighted by Gasteiger charge is 2.43. The van der Waals surface area contributed by atoms with Crippen molar-refractivity contribution in [2.24, 2.45) is 5.92 Å². The van der Waals surface area contributed by atoms with E-state index in [1.165, 1.54) is 0 Å². The van der Waals surface area contributed by atoms with Crippen LogP contribution in [0.3, 0.4) is 0 Å². The maximum atomic E-state index is 13.1. The highest BCUT2D eigenvalue weighted by Crippen LogP contribution is 2.42. The van der Waals surface area contributed by atoms with Crippen LogP contribution < -0.4 is 5.32 Å². The summed E-state index contributed by atoms with van der Waals surface area (Å²) in [5.74, 6) is -0.832. The lowest BCUT2D eigenvalue weighted by Crippen LogP contribution is -2.48. The van der Waals surface area contributed by atoms with Crippen LogP contribution in [-0.4, -0.2) is 23.0 Å². The van der Waals surface area contributed by atoms with E-state index in [-0.39, 0.29) is 17.9 Å². The molecule has 2 aliphatic carbocycles. The zero-order valence-electron chi connectivity index (χ0n) is 13.8. The highest BCUT2D eigenvalue weighted by molar-refractivity contribution is 9.10. The van der Waals surface area contributed by atoms with Gasteiger partial charge in [-0.2, -0.15) is 0 Å². The van der Waals surface area contributed by atoms with Gasteiger partial charge in [0.15, 0.2) is 0 Å². The van der Waals surface area contributed by atoms with Gasteiger partial charge in [0.05, 0.1) is 11.3 Å². The molecule has 130 valence electrons. The van der Waals surface area contributed by atoms with E-state index in [2.05, 4.69) is 33.4 Å². The van der Waals surface area contributed by atoms with Gasteiger partial charge in [0.25, 0.3) is 0 Å². The van der Waals surface area contributed by atoms with Crippen molar-refractivity contribution in [3.63, 3.8) is 0 Å². The summed E-state index contributed by atoms with van der Waals surface area (Å²) in [6.45, 7) is 0. The van der Waals surface area contributed by atoms with Gasteiger partial charge in [-0.05, 0) is 56.2 Å². The Morgan fingerprint density at radius 1 is 1.12 bits per heavy atom. The maximum absolute atomic E-state index is 13.1. The Labute approximate surface area is 151 Å². The number of benzene rings is 1. The van der Waals surface area contributed by atoms with E-state index in [0.29, 0.717) is 12.8 Å². The molecule has 0 heterocycles. The van der Waals surface area contributed by atoms with Crippen LogP contribution in [0.5, 0.6) is 0 Å². The Kier molecular flexibility index (Phi) is 5.28. The molecule has 0 aromatic heterocycles. The fourth-order valence-corrected chi connectivity index (χ4v) is 4.62. The number of carbonyl (C=O) groups is 2. The van der Waals surface area contributed by atoms with E-state index in [4.69, 9.17) is 5.11 Å². The zero-order valence-corrected chi connectivity index (χ0v) is 15.3. The number of carboxylic acids is 1. The Balaban J connectivity index is 1.71. The van der Waals surface area contributed by atoms with Gasteiger partial charge in [0.1, 0.15) is 0 Å². The minimum Gasteiger partial charge on any atom is -0.481 e. The van der Waals surface area contributed by atoms with Crippen molar-refractivity contribution in [3.05, 3.63) is 34.3 Å². The van der Waals surface area contributed by atoms with Crippen LogP contribution in [0.1, 0.15) is 56.9 Å². The van der Waals surface area contributed by atoms with Crippen molar-refractivity contribution in [2.75, 3.05) is 0 Å². The molecule has 5 heteroatoms. The molecule has 2 N–H and O–H groups in total. The number of hydrogen-bond donors (Lipinski definition) is 2. The van der Waals surface area contributed by atoms with Gasteiger partial charge < -0.3 is 10.4 Å². The molecule has 2 fully saturated rings. The van der Waals surface area contributed by atoms with Gasteiger partial charge in [-0.25, -0.2) is 0 Å².